The summed E-state index contributed by atoms with van der Waals surface area (Å²) in [6.07, 6.45) is -3.32. The summed E-state index contributed by atoms with van der Waals surface area (Å²) in [5.74, 6) is -0.331. The van der Waals surface area contributed by atoms with Gasteiger partial charge in [-0.25, -0.2) is 13.1 Å². The molecule has 0 aromatic heterocycles. The third-order valence-electron chi connectivity index (χ3n) is 3.28. The molecule has 0 radical (unpaired) electrons. The molecule has 2 N–H and O–H groups in total. The lowest BCUT2D eigenvalue weighted by molar-refractivity contribution is -0.134. The lowest BCUT2D eigenvalue weighted by Gasteiger charge is -2.25. The molecular formula is C11H20F3NO3S. The van der Waals surface area contributed by atoms with Crippen molar-refractivity contribution < 1.29 is 26.7 Å². The Kier molecular flexibility index (Phi) is 6.07. The van der Waals surface area contributed by atoms with Crippen LogP contribution < -0.4 is 4.72 Å². The van der Waals surface area contributed by atoms with Crippen LogP contribution in [0, 0.1) is 5.92 Å². The average molecular weight is 303 g/mol. The number of rotatable bonds is 6. The van der Waals surface area contributed by atoms with Gasteiger partial charge < -0.3 is 5.11 Å². The highest BCUT2D eigenvalue weighted by molar-refractivity contribution is 7.89. The van der Waals surface area contributed by atoms with E-state index in [1.807, 2.05) is 0 Å². The molecule has 0 aromatic rings. The first-order valence-electron chi connectivity index (χ1n) is 6.40. The second-order valence-corrected chi connectivity index (χ2v) is 6.99. The van der Waals surface area contributed by atoms with Crippen LogP contribution in [0.5, 0.6) is 0 Å². The number of halogens is 3. The third kappa shape index (κ3) is 7.74. The second-order valence-electron chi connectivity index (χ2n) is 5.06. The van der Waals surface area contributed by atoms with E-state index in [2.05, 4.69) is 4.72 Å². The normalized spacial score (nSPS) is 25.5. The van der Waals surface area contributed by atoms with Gasteiger partial charge in [-0.3, -0.25) is 0 Å². The van der Waals surface area contributed by atoms with Gasteiger partial charge in [0, 0.05) is 13.0 Å². The fourth-order valence-electron chi connectivity index (χ4n) is 2.13. The van der Waals surface area contributed by atoms with Crippen molar-refractivity contribution in [3.63, 3.8) is 0 Å². The maximum Gasteiger partial charge on any atom is 0.389 e. The lowest BCUT2D eigenvalue weighted by atomic mass is 9.88. The predicted octanol–water partition coefficient (Wildman–Crippen LogP) is 1.80. The summed E-state index contributed by atoms with van der Waals surface area (Å²) < 4.78 is 61.1. The van der Waals surface area contributed by atoms with E-state index < -0.39 is 34.8 Å². The van der Waals surface area contributed by atoms with Crippen molar-refractivity contribution >= 4 is 10.0 Å². The van der Waals surface area contributed by atoms with Crippen LogP contribution in [0.2, 0.25) is 0 Å². The van der Waals surface area contributed by atoms with Gasteiger partial charge in [0.2, 0.25) is 10.0 Å². The Labute approximate surface area is 111 Å². The predicted molar refractivity (Wildman–Crippen MR) is 65.0 cm³/mol. The van der Waals surface area contributed by atoms with Crippen LogP contribution in [0.15, 0.2) is 0 Å². The van der Waals surface area contributed by atoms with Gasteiger partial charge in [0.25, 0.3) is 0 Å². The van der Waals surface area contributed by atoms with E-state index in [-0.39, 0.29) is 18.6 Å². The molecule has 8 heteroatoms. The Morgan fingerprint density at radius 3 is 2.26 bits per heavy atom. The largest absolute Gasteiger partial charge is 0.393 e. The van der Waals surface area contributed by atoms with E-state index in [1.54, 1.807) is 0 Å². The van der Waals surface area contributed by atoms with Gasteiger partial charge in [0.1, 0.15) is 0 Å². The smallest absolute Gasteiger partial charge is 0.389 e. The van der Waals surface area contributed by atoms with Gasteiger partial charge in [-0.1, -0.05) is 0 Å². The number of aliphatic hydroxyl groups excluding tert-OH is 1. The molecule has 114 valence electrons. The summed E-state index contributed by atoms with van der Waals surface area (Å²) in [4.78, 5) is 0. The van der Waals surface area contributed by atoms with E-state index in [9.17, 15) is 26.7 Å². The highest BCUT2D eigenvalue weighted by Gasteiger charge is 2.27. The van der Waals surface area contributed by atoms with Crippen molar-refractivity contribution in [3.05, 3.63) is 0 Å². The molecular weight excluding hydrogens is 283 g/mol. The Morgan fingerprint density at radius 1 is 1.16 bits per heavy atom. The zero-order chi connectivity index (χ0) is 14.5. The van der Waals surface area contributed by atoms with Crippen LogP contribution in [-0.4, -0.2) is 38.1 Å². The first kappa shape index (κ1) is 16.7. The van der Waals surface area contributed by atoms with Crippen molar-refractivity contribution in [1.29, 1.82) is 0 Å². The SMILES string of the molecule is O=S(=O)(CCCC(F)(F)F)NCC1CCC(O)CC1. The molecule has 19 heavy (non-hydrogen) atoms. The topological polar surface area (TPSA) is 66.4 Å². The molecule has 0 bridgehead atoms. The first-order chi connectivity index (χ1) is 8.68. The summed E-state index contributed by atoms with van der Waals surface area (Å²) >= 11 is 0. The summed E-state index contributed by atoms with van der Waals surface area (Å²) in [5.41, 5.74) is 0. The van der Waals surface area contributed by atoms with Crippen molar-refractivity contribution in [2.45, 2.75) is 50.8 Å². The van der Waals surface area contributed by atoms with Crippen LogP contribution in [0.4, 0.5) is 13.2 Å². The second kappa shape index (κ2) is 6.90. The Hall–Kier alpha value is -0.340. The molecule has 0 saturated heterocycles. The molecule has 1 fully saturated rings. The fourth-order valence-corrected chi connectivity index (χ4v) is 3.29. The van der Waals surface area contributed by atoms with E-state index in [0.29, 0.717) is 12.8 Å². The number of hydrogen-bond donors (Lipinski definition) is 2. The number of nitrogens with one attached hydrogen (secondary N) is 1. The molecule has 0 aromatic carbocycles. The van der Waals surface area contributed by atoms with Crippen LogP contribution >= 0.6 is 0 Å². The van der Waals surface area contributed by atoms with Gasteiger partial charge in [-0.05, 0) is 38.0 Å². The van der Waals surface area contributed by atoms with E-state index in [1.165, 1.54) is 0 Å². The first-order valence-corrected chi connectivity index (χ1v) is 8.05. The third-order valence-corrected chi connectivity index (χ3v) is 4.71. The summed E-state index contributed by atoms with van der Waals surface area (Å²) in [6.45, 7) is 0.251. The fraction of sp³-hybridized carbons (Fsp3) is 1.00. The summed E-state index contributed by atoms with van der Waals surface area (Å²) in [5, 5.41) is 9.30. The lowest BCUT2D eigenvalue weighted by Crippen LogP contribution is -2.33. The molecule has 4 nitrogen and oxygen atoms in total. The minimum atomic E-state index is -4.31. The van der Waals surface area contributed by atoms with E-state index in [4.69, 9.17) is 0 Å². The van der Waals surface area contributed by atoms with E-state index >= 15 is 0 Å². The molecule has 0 atom stereocenters. The summed E-state index contributed by atoms with van der Waals surface area (Å²) in [6, 6.07) is 0. The molecule has 0 spiro atoms. The number of aliphatic hydroxyl groups is 1. The summed E-state index contributed by atoms with van der Waals surface area (Å²) in [7, 11) is -3.63. The minimum absolute atomic E-state index is 0.167. The van der Waals surface area contributed by atoms with Crippen molar-refractivity contribution in [2.75, 3.05) is 12.3 Å². The van der Waals surface area contributed by atoms with Crippen LogP contribution in [-0.2, 0) is 10.0 Å². The number of alkyl halides is 3. The standard InChI is InChI=1S/C11H20F3NO3S/c12-11(13,14)6-1-7-19(17,18)15-8-9-2-4-10(16)5-3-9/h9-10,15-16H,1-8H2. The number of hydrogen-bond acceptors (Lipinski definition) is 3. The zero-order valence-electron chi connectivity index (χ0n) is 10.6. The van der Waals surface area contributed by atoms with Gasteiger partial charge in [0.15, 0.2) is 0 Å². The van der Waals surface area contributed by atoms with Crippen LogP contribution in [0.25, 0.3) is 0 Å². The molecule has 1 aliphatic carbocycles. The van der Waals surface area contributed by atoms with Gasteiger partial charge in [-0.2, -0.15) is 13.2 Å². The number of sulfonamides is 1. The molecule has 1 rings (SSSR count). The maximum atomic E-state index is 11.9. The average Bonchev–Trinajstić information content (AvgIpc) is 2.26. The van der Waals surface area contributed by atoms with Gasteiger partial charge in [-0.15, -0.1) is 0 Å². The highest BCUT2D eigenvalue weighted by Crippen LogP contribution is 2.24. The Morgan fingerprint density at radius 2 is 1.74 bits per heavy atom. The zero-order valence-corrected chi connectivity index (χ0v) is 11.4. The molecule has 1 saturated carbocycles. The van der Waals surface area contributed by atoms with Crippen LogP contribution in [0.1, 0.15) is 38.5 Å². The van der Waals surface area contributed by atoms with E-state index in [0.717, 1.165) is 12.8 Å². The molecule has 0 heterocycles. The Balaban J connectivity index is 2.23. The van der Waals surface area contributed by atoms with Crippen molar-refractivity contribution in [2.24, 2.45) is 5.92 Å². The van der Waals surface area contributed by atoms with Gasteiger partial charge >= 0.3 is 6.18 Å². The molecule has 0 amide bonds. The molecule has 0 aliphatic heterocycles. The van der Waals surface area contributed by atoms with Crippen molar-refractivity contribution in [3.8, 4) is 0 Å². The molecule has 0 unspecified atom stereocenters. The van der Waals surface area contributed by atoms with Crippen molar-refractivity contribution in [1.82, 2.24) is 4.72 Å². The Bertz CT molecular complexity index is 362. The molecule has 1 aliphatic rings. The quantitative estimate of drug-likeness (QED) is 0.786. The maximum absolute atomic E-state index is 11.9. The minimum Gasteiger partial charge on any atom is -0.393 e. The van der Waals surface area contributed by atoms with Crippen LogP contribution in [0.3, 0.4) is 0 Å². The monoisotopic (exact) mass is 303 g/mol. The highest BCUT2D eigenvalue weighted by atomic mass is 32.2. The van der Waals surface area contributed by atoms with Gasteiger partial charge in [0.05, 0.1) is 11.9 Å².